The summed E-state index contributed by atoms with van der Waals surface area (Å²) in [5.41, 5.74) is 1.68. The Hall–Kier alpha value is -3.49. The third-order valence-corrected chi connectivity index (χ3v) is 5.36. The SMILES string of the molecule is O=C(Cn1nnc(-c2ccc(F)cc2)n1)N1CCCC1c1ccc2c(c1)OCCO2. The summed E-state index contributed by atoms with van der Waals surface area (Å²) in [6.07, 6.45) is 1.81. The molecule has 0 saturated carbocycles. The van der Waals surface area contributed by atoms with Gasteiger partial charge in [-0.3, -0.25) is 4.79 Å². The van der Waals surface area contributed by atoms with Crippen molar-refractivity contribution in [3.8, 4) is 22.9 Å². The van der Waals surface area contributed by atoms with Crippen molar-refractivity contribution in [2.24, 2.45) is 0 Å². The fourth-order valence-corrected chi connectivity index (χ4v) is 3.92. The van der Waals surface area contributed by atoms with Crippen LogP contribution in [-0.4, -0.2) is 50.8 Å². The molecule has 1 unspecified atom stereocenters. The molecule has 1 amide bonds. The lowest BCUT2D eigenvalue weighted by molar-refractivity contribution is -0.133. The highest BCUT2D eigenvalue weighted by Gasteiger charge is 2.31. The van der Waals surface area contributed by atoms with E-state index in [1.54, 1.807) is 12.1 Å². The third kappa shape index (κ3) is 3.58. The van der Waals surface area contributed by atoms with Crippen LogP contribution in [0.15, 0.2) is 42.5 Å². The molecule has 1 aromatic heterocycles. The van der Waals surface area contributed by atoms with E-state index in [0.29, 0.717) is 31.1 Å². The standard InChI is InChI=1S/C21H20FN5O3/c22-16-6-3-14(4-7-16)21-23-25-27(24-21)13-20(28)26-9-1-2-17(26)15-5-8-18-19(12-15)30-11-10-29-18/h3-8,12,17H,1-2,9-11,13H2. The summed E-state index contributed by atoms with van der Waals surface area (Å²) in [7, 11) is 0. The number of carbonyl (C=O) groups is 1. The Morgan fingerprint density at radius 2 is 1.90 bits per heavy atom. The van der Waals surface area contributed by atoms with E-state index in [1.165, 1.54) is 16.9 Å². The number of likely N-dealkylation sites (tertiary alicyclic amines) is 1. The number of hydrogen-bond acceptors (Lipinski definition) is 6. The summed E-state index contributed by atoms with van der Waals surface area (Å²) in [4.78, 5) is 16.1. The number of amides is 1. The number of benzene rings is 2. The number of carbonyl (C=O) groups excluding carboxylic acids is 1. The molecule has 2 aliphatic rings. The van der Waals surface area contributed by atoms with Gasteiger partial charge in [0.1, 0.15) is 25.6 Å². The van der Waals surface area contributed by atoms with Gasteiger partial charge in [-0.05, 0) is 60.0 Å². The predicted molar refractivity (Wildman–Crippen MR) is 104 cm³/mol. The maximum Gasteiger partial charge on any atom is 0.246 e. The summed E-state index contributed by atoms with van der Waals surface area (Å²) in [5.74, 6) is 1.41. The van der Waals surface area contributed by atoms with Crippen LogP contribution in [0.2, 0.25) is 0 Å². The lowest BCUT2D eigenvalue weighted by Crippen LogP contribution is -2.34. The van der Waals surface area contributed by atoms with Gasteiger partial charge in [0.05, 0.1) is 6.04 Å². The summed E-state index contributed by atoms with van der Waals surface area (Å²) in [5, 5.41) is 12.2. The van der Waals surface area contributed by atoms with E-state index in [1.807, 2.05) is 23.1 Å². The fraction of sp³-hybridized carbons (Fsp3) is 0.333. The molecule has 0 aliphatic carbocycles. The molecule has 0 N–H and O–H groups in total. The molecule has 2 aromatic carbocycles. The van der Waals surface area contributed by atoms with Gasteiger partial charge in [-0.1, -0.05) is 6.07 Å². The van der Waals surface area contributed by atoms with Crippen LogP contribution in [0.4, 0.5) is 4.39 Å². The maximum absolute atomic E-state index is 13.1. The van der Waals surface area contributed by atoms with Crippen molar-refractivity contribution < 1.29 is 18.7 Å². The zero-order chi connectivity index (χ0) is 20.5. The Labute approximate surface area is 172 Å². The van der Waals surface area contributed by atoms with E-state index >= 15 is 0 Å². The molecule has 154 valence electrons. The van der Waals surface area contributed by atoms with Gasteiger partial charge < -0.3 is 14.4 Å². The first-order valence-electron chi connectivity index (χ1n) is 9.90. The Morgan fingerprint density at radius 3 is 2.73 bits per heavy atom. The minimum absolute atomic E-state index is 0.00472. The van der Waals surface area contributed by atoms with Crippen molar-refractivity contribution in [3.05, 3.63) is 53.8 Å². The van der Waals surface area contributed by atoms with E-state index in [4.69, 9.17) is 9.47 Å². The number of ether oxygens (including phenoxy) is 2. The van der Waals surface area contributed by atoms with Crippen molar-refractivity contribution in [2.45, 2.75) is 25.4 Å². The average molecular weight is 409 g/mol. The largest absolute Gasteiger partial charge is 0.486 e. The van der Waals surface area contributed by atoms with E-state index in [9.17, 15) is 9.18 Å². The Kier molecular flexibility index (Phi) is 4.78. The molecule has 5 rings (SSSR count). The lowest BCUT2D eigenvalue weighted by atomic mass is 10.0. The van der Waals surface area contributed by atoms with Gasteiger partial charge in [0.25, 0.3) is 0 Å². The molecule has 0 bridgehead atoms. The first-order valence-corrected chi connectivity index (χ1v) is 9.90. The molecule has 2 aliphatic heterocycles. The molecular weight excluding hydrogens is 389 g/mol. The monoisotopic (exact) mass is 409 g/mol. The van der Waals surface area contributed by atoms with Gasteiger partial charge >= 0.3 is 0 Å². The van der Waals surface area contributed by atoms with Crippen molar-refractivity contribution in [1.29, 1.82) is 0 Å². The number of hydrogen-bond donors (Lipinski definition) is 0. The highest BCUT2D eigenvalue weighted by Crippen LogP contribution is 2.38. The fourth-order valence-electron chi connectivity index (χ4n) is 3.92. The van der Waals surface area contributed by atoms with Crippen LogP contribution in [0.25, 0.3) is 11.4 Å². The number of fused-ring (bicyclic) bond motifs is 1. The number of halogens is 1. The predicted octanol–water partition coefficient (Wildman–Crippen LogP) is 2.61. The van der Waals surface area contributed by atoms with E-state index in [-0.39, 0.29) is 24.3 Å². The van der Waals surface area contributed by atoms with Gasteiger partial charge in [-0.2, -0.15) is 4.80 Å². The zero-order valence-electron chi connectivity index (χ0n) is 16.2. The van der Waals surface area contributed by atoms with Crippen LogP contribution in [0.3, 0.4) is 0 Å². The summed E-state index contributed by atoms with van der Waals surface area (Å²) in [6.45, 7) is 1.75. The van der Waals surface area contributed by atoms with E-state index in [0.717, 1.165) is 29.9 Å². The van der Waals surface area contributed by atoms with E-state index in [2.05, 4.69) is 15.4 Å². The van der Waals surface area contributed by atoms with Gasteiger partial charge in [-0.15, -0.1) is 10.2 Å². The van der Waals surface area contributed by atoms with Crippen LogP contribution < -0.4 is 9.47 Å². The quantitative estimate of drug-likeness (QED) is 0.659. The van der Waals surface area contributed by atoms with Crippen LogP contribution in [0.5, 0.6) is 11.5 Å². The number of nitrogens with zero attached hydrogens (tertiary/aromatic N) is 5. The zero-order valence-corrected chi connectivity index (χ0v) is 16.2. The molecule has 0 radical (unpaired) electrons. The second-order valence-corrected chi connectivity index (χ2v) is 7.30. The second-order valence-electron chi connectivity index (χ2n) is 7.30. The highest BCUT2D eigenvalue weighted by molar-refractivity contribution is 5.76. The molecule has 1 atom stereocenters. The molecule has 0 spiro atoms. The summed E-state index contributed by atoms with van der Waals surface area (Å²) >= 11 is 0. The first kappa shape index (κ1) is 18.5. The Morgan fingerprint density at radius 1 is 1.10 bits per heavy atom. The summed E-state index contributed by atoms with van der Waals surface area (Å²) in [6, 6.07) is 11.7. The first-order chi connectivity index (χ1) is 14.7. The van der Waals surface area contributed by atoms with Gasteiger partial charge in [0.2, 0.25) is 11.7 Å². The van der Waals surface area contributed by atoms with Crippen molar-refractivity contribution in [1.82, 2.24) is 25.1 Å². The molecule has 8 nitrogen and oxygen atoms in total. The highest BCUT2D eigenvalue weighted by atomic mass is 19.1. The van der Waals surface area contributed by atoms with Gasteiger partial charge in [-0.25, -0.2) is 4.39 Å². The Balaban J connectivity index is 1.30. The van der Waals surface area contributed by atoms with Crippen molar-refractivity contribution >= 4 is 5.91 Å². The summed E-state index contributed by atoms with van der Waals surface area (Å²) < 4.78 is 24.4. The minimum Gasteiger partial charge on any atom is -0.486 e. The molecule has 1 saturated heterocycles. The Bertz CT molecular complexity index is 1070. The van der Waals surface area contributed by atoms with Crippen LogP contribution in [-0.2, 0) is 11.3 Å². The van der Waals surface area contributed by atoms with Crippen LogP contribution in [0.1, 0.15) is 24.4 Å². The number of aromatic nitrogens is 4. The van der Waals surface area contributed by atoms with Crippen LogP contribution in [0, 0.1) is 5.82 Å². The van der Waals surface area contributed by atoms with E-state index < -0.39 is 0 Å². The number of rotatable bonds is 4. The lowest BCUT2D eigenvalue weighted by Gasteiger charge is -2.26. The third-order valence-electron chi connectivity index (χ3n) is 5.36. The minimum atomic E-state index is -0.333. The van der Waals surface area contributed by atoms with Gasteiger partial charge in [0, 0.05) is 12.1 Å². The maximum atomic E-state index is 13.1. The molecule has 9 heteroatoms. The molecular formula is C21H20FN5O3. The topological polar surface area (TPSA) is 82.4 Å². The number of tetrazole rings is 1. The smallest absolute Gasteiger partial charge is 0.246 e. The van der Waals surface area contributed by atoms with Gasteiger partial charge in [0.15, 0.2) is 11.5 Å². The van der Waals surface area contributed by atoms with Crippen LogP contribution >= 0.6 is 0 Å². The van der Waals surface area contributed by atoms with Crippen molar-refractivity contribution in [2.75, 3.05) is 19.8 Å². The molecule has 30 heavy (non-hydrogen) atoms. The normalized spacial score (nSPS) is 17.9. The molecule has 3 heterocycles. The molecule has 1 fully saturated rings. The second kappa shape index (κ2) is 7.74. The molecule has 3 aromatic rings. The average Bonchev–Trinajstić information content (AvgIpc) is 3.44. The van der Waals surface area contributed by atoms with Crippen molar-refractivity contribution in [3.63, 3.8) is 0 Å².